The molecule has 3 aromatic rings. The Labute approximate surface area is 304 Å². The minimum absolute atomic E-state index is 0.00648. The Balaban J connectivity index is 1.39. The smallest absolute Gasteiger partial charge is 0.301 e. The molecule has 7 rings (SSSR count). The number of carbonyl (C=O) groups excluding carboxylic acids is 4. The third-order valence-corrected chi connectivity index (χ3v) is 11.5. The fourth-order valence-electron chi connectivity index (χ4n) is 8.86. The van der Waals surface area contributed by atoms with Crippen LogP contribution < -0.4 is 19.4 Å². The Morgan fingerprint density at radius 1 is 0.904 bits per heavy atom. The standard InChI is InChI=1S/C36H32BrN5O10/c1-36-24(33(45)40(35(36)47)18-8-6-5-7-9-18)16-22-20(29(36)23-12-17(37)13-27(52-4)31(23)43)10-11-21-28(22)34(46)39(32(21)44)19-14-25(41(48)49)30(38(2)3)26(15-19)42(50)51/h5-10,12-15,21-22,24,28-29,43H,11,16H2,1-4H3. The predicted octanol–water partition coefficient (Wildman–Crippen LogP) is 5.48. The molecule has 4 amide bonds. The van der Waals surface area contributed by atoms with E-state index in [2.05, 4.69) is 15.9 Å². The molecule has 1 saturated carbocycles. The van der Waals surface area contributed by atoms with Gasteiger partial charge >= 0.3 is 11.4 Å². The Kier molecular flexibility index (Phi) is 8.20. The number of carbonyl (C=O) groups is 4. The summed E-state index contributed by atoms with van der Waals surface area (Å²) in [4.78, 5) is 83.4. The van der Waals surface area contributed by atoms with Crippen LogP contribution in [0.3, 0.4) is 0 Å². The highest BCUT2D eigenvalue weighted by molar-refractivity contribution is 9.10. The van der Waals surface area contributed by atoms with E-state index in [1.165, 1.54) is 26.1 Å². The SMILES string of the molecule is COc1cc(Br)cc(C2C3=CCC4C(=O)N(c5cc([N+](=O)[O-])c(N(C)C)c([N+](=O)[O-])c5)C(=O)C4C3CC3C(=O)N(c4ccccc4)C(=O)C32C)c1O. The predicted molar refractivity (Wildman–Crippen MR) is 190 cm³/mol. The quantitative estimate of drug-likeness (QED) is 0.138. The second-order valence-corrected chi connectivity index (χ2v) is 14.7. The minimum atomic E-state index is -1.44. The molecule has 15 nitrogen and oxygen atoms in total. The maximum atomic E-state index is 14.6. The zero-order valence-corrected chi connectivity index (χ0v) is 29.9. The number of allylic oxidation sites excluding steroid dienone is 2. The van der Waals surface area contributed by atoms with Crippen molar-refractivity contribution in [3.05, 3.63) is 96.5 Å². The number of ether oxygens (including phenoxy) is 1. The van der Waals surface area contributed by atoms with Gasteiger partial charge in [0.25, 0.3) is 0 Å². The van der Waals surface area contributed by atoms with Crippen LogP contribution in [0, 0.1) is 49.3 Å². The van der Waals surface area contributed by atoms with Crippen molar-refractivity contribution >= 4 is 68.0 Å². The number of amides is 4. The molecular formula is C36H32BrN5O10. The van der Waals surface area contributed by atoms with Gasteiger partial charge in [0, 0.05) is 42.2 Å². The molecular weight excluding hydrogens is 742 g/mol. The van der Waals surface area contributed by atoms with Gasteiger partial charge in [0.15, 0.2) is 17.2 Å². The minimum Gasteiger partial charge on any atom is -0.504 e. The number of halogens is 1. The molecule has 0 aromatic heterocycles. The molecule has 2 aliphatic heterocycles. The number of hydrogen-bond acceptors (Lipinski definition) is 11. The first-order valence-corrected chi connectivity index (χ1v) is 17.1. The maximum absolute atomic E-state index is 14.6. The van der Waals surface area contributed by atoms with Crippen LogP contribution in [0.15, 0.2) is 70.7 Å². The number of benzene rings is 3. The lowest BCUT2D eigenvalue weighted by Gasteiger charge is -2.49. The molecule has 0 radical (unpaired) electrons. The number of nitrogens with zero attached hydrogens (tertiary/aromatic N) is 5. The maximum Gasteiger partial charge on any atom is 0.301 e. The van der Waals surface area contributed by atoms with Crippen molar-refractivity contribution in [1.29, 1.82) is 0 Å². The highest BCUT2D eigenvalue weighted by Crippen LogP contribution is 2.65. The van der Waals surface area contributed by atoms with Gasteiger partial charge in [-0.25, -0.2) is 9.80 Å². The molecule has 268 valence electrons. The molecule has 0 bridgehead atoms. The van der Waals surface area contributed by atoms with Crippen LogP contribution in [-0.4, -0.2) is 59.8 Å². The first-order chi connectivity index (χ1) is 24.6. The first-order valence-electron chi connectivity index (χ1n) is 16.3. The summed E-state index contributed by atoms with van der Waals surface area (Å²) in [6.07, 6.45) is 1.82. The summed E-state index contributed by atoms with van der Waals surface area (Å²) in [5, 5.41) is 35.8. The molecule has 2 heterocycles. The van der Waals surface area contributed by atoms with Gasteiger partial charge in [0.05, 0.1) is 51.5 Å². The van der Waals surface area contributed by atoms with E-state index in [1.54, 1.807) is 55.5 Å². The normalized spacial score (nSPS) is 26.5. The Morgan fingerprint density at radius 3 is 2.12 bits per heavy atom. The molecule has 6 atom stereocenters. The number of aromatic hydroxyl groups is 1. The fraction of sp³-hybridized carbons (Fsp3) is 0.333. The van der Waals surface area contributed by atoms with Gasteiger partial charge in [0.1, 0.15) is 0 Å². The van der Waals surface area contributed by atoms with Gasteiger partial charge in [-0.15, -0.1) is 0 Å². The summed E-state index contributed by atoms with van der Waals surface area (Å²) in [6, 6.07) is 13.6. The summed E-state index contributed by atoms with van der Waals surface area (Å²) >= 11 is 3.47. The van der Waals surface area contributed by atoms with Crippen LogP contribution in [0.4, 0.5) is 28.4 Å². The van der Waals surface area contributed by atoms with Gasteiger partial charge in [-0.1, -0.05) is 45.8 Å². The second-order valence-electron chi connectivity index (χ2n) is 13.8. The number of rotatable bonds is 7. The molecule has 2 saturated heterocycles. The van der Waals surface area contributed by atoms with Crippen molar-refractivity contribution in [3.8, 4) is 11.5 Å². The van der Waals surface area contributed by atoms with E-state index >= 15 is 0 Å². The summed E-state index contributed by atoms with van der Waals surface area (Å²) in [6.45, 7) is 1.68. The average Bonchev–Trinajstić information content (AvgIpc) is 3.48. The molecule has 2 aliphatic carbocycles. The Hall–Kier alpha value is -5.64. The van der Waals surface area contributed by atoms with E-state index < -0.39 is 79.9 Å². The number of methoxy groups -OCH3 is 1. The summed E-state index contributed by atoms with van der Waals surface area (Å²) in [5.74, 6) is -7.32. The number of imide groups is 2. The molecule has 4 aliphatic rings. The van der Waals surface area contributed by atoms with Crippen LogP contribution in [-0.2, 0) is 19.2 Å². The lowest BCUT2D eigenvalue weighted by Crippen LogP contribution is -2.49. The zero-order valence-electron chi connectivity index (χ0n) is 28.3. The van der Waals surface area contributed by atoms with Crippen molar-refractivity contribution in [3.63, 3.8) is 0 Å². The van der Waals surface area contributed by atoms with Gasteiger partial charge in [0.2, 0.25) is 23.6 Å². The molecule has 0 spiro atoms. The van der Waals surface area contributed by atoms with Crippen LogP contribution in [0.2, 0.25) is 0 Å². The van der Waals surface area contributed by atoms with Crippen LogP contribution in [0.25, 0.3) is 0 Å². The molecule has 1 N–H and O–H groups in total. The number of nitro benzene ring substituents is 2. The van der Waals surface area contributed by atoms with Crippen LogP contribution in [0.5, 0.6) is 11.5 Å². The Morgan fingerprint density at radius 2 is 1.54 bits per heavy atom. The third kappa shape index (κ3) is 4.83. The van der Waals surface area contributed by atoms with E-state index in [-0.39, 0.29) is 41.3 Å². The van der Waals surface area contributed by atoms with E-state index in [0.717, 1.165) is 21.9 Å². The second kappa shape index (κ2) is 12.3. The summed E-state index contributed by atoms with van der Waals surface area (Å²) in [7, 11) is 4.19. The van der Waals surface area contributed by atoms with E-state index in [0.29, 0.717) is 15.7 Å². The molecule has 3 aromatic carbocycles. The average molecular weight is 775 g/mol. The number of nitro groups is 2. The van der Waals surface area contributed by atoms with E-state index in [4.69, 9.17) is 4.74 Å². The number of hydrogen-bond donors (Lipinski definition) is 1. The Bertz CT molecular complexity index is 2120. The van der Waals surface area contributed by atoms with E-state index in [9.17, 15) is 44.5 Å². The van der Waals surface area contributed by atoms with Crippen molar-refractivity contribution in [2.45, 2.75) is 25.7 Å². The van der Waals surface area contributed by atoms with Crippen molar-refractivity contribution < 1.29 is 38.9 Å². The highest BCUT2D eigenvalue weighted by atomic mass is 79.9. The molecule has 16 heteroatoms. The third-order valence-electron chi connectivity index (χ3n) is 11.0. The number of phenols is 1. The molecule has 6 unspecified atom stereocenters. The van der Waals surface area contributed by atoms with Gasteiger partial charge in [-0.3, -0.25) is 39.4 Å². The highest BCUT2D eigenvalue weighted by Gasteiger charge is 2.68. The number of fused-ring (bicyclic) bond motifs is 4. The van der Waals surface area contributed by atoms with Crippen LogP contribution in [0.1, 0.15) is 31.2 Å². The van der Waals surface area contributed by atoms with Crippen molar-refractivity contribution in [2.24, 2.45) is 29.1 Å². The molecule has 52 heavy (non-hydrogen) atoms. The first kappa shape index (κ1) is 34.8. The lowest BCUT2D eigenvalue weighted by atomic mass is 9.51. The zero-order chi connectivity index (χ0) is 37.5. The van der Waals surface area contributed by atoms with Crippen molar-refractivity contribution in [2.75, 3.05) is 35.9 Å². The van der Waals surface area contributed by atoms with Gasteiger partial charge in [-0.05, 0) is 49.9 Å². The largest absolute Gasteiger partial charge is 0.504 e. The van der Waals surface area contributed by atoms with Gasteiger partial charge in [-0.2, -0.15) is 0 Å². The monoisotopic (exact) mass is 773 g/mol. The topological polar surface area (TPSA) is 194 Å². The molecule has 3 fully saturated rings. The summed E-state index contributed by atoms with van der Waals surface area (Å²) in [5.41, 5.74) is -2.16. The lowest BCUT2D eigenvalue weighted by molar-refractivity contribution is -0.392. The van der Waals surface area contributed by atoms with Crippen LogP contribution >= 0.6 is 15.9 Å². The van der Waals surface area contributed by atoms with Crippen molar-refractivity contribution in [1.82, 2.24) is 0 Å². The van der Waals surface area contributed by atoms with E-state index in [1.807, 2.05) is 0 Å². The fourth-order valence-corrected chi connectivity index (χ4v) is 9.32. The number of anilines is 3. The number of para-hydroxylation sites is 1. The van der Waals surface area contributed by atoms with Gasteiger partial charge < -0.3 is 14.7 Å². The summed E-state index contributed by atoms with van der Waals surface area (Å²) < 4.78 is 5.97. The number of phenolic OH excluding ortho intramolecular Hbond substituents is 1.